The molecule has 0 aromatic heterocycles. The highest BCUT2D eigenvalue weighted by Gasteiger charge is 2.58. The van der Waals surface area contributed by atoms with Crippen molar-refractivity contribution in [2.24, 2.45) is 22.6 Å². The van der Waals surface area contributed by atoms with Crippen molar-refractivity contribution in [3.63, 3.8) is 0 Å². The Labute approximate surface area is 122 Å². The van der Waals surface area contributed by atoms with Gasteiger partial charge in [-0.1, -0.05) is 0 Å². The van der Waals surface area contributed by atoms with Crippen LogP contribution in [0.3, 0.4) is 0 Å². The van der Waals surface area contributed by atoms with Gasteiger partial charge in [-0.3, -0.25) is 18.9 Å². The molecule has 0 heterocycles. The zero-order chi connectivity index (χ0) is 17.2. The number of carbonyl (C=O) groups excluding carboxylic acids is 2. The fourth-order valence-corrected chi connectivity index (χ4v) is 3.23. The molecule has 0 saturated carbocycles. The lowest BCUT2D eigenvalue weighted by Gasteiger charge is -2.32. The molecule has 9 nitrogen and oxygen atoms in total. The fraction of sp³-hybridized carbons (Fsp3) is 0.727. The highest BCUT2D eigenvalue weighted by Crippen LogP contribution is 2.49. The maximum atomic E-state index is 12.2. The van der Waals surface area contributed by atoms with E-state index in [9.17, 15) is 28.9 Å². The summed E-state index contributed by atoms with van der Waals surface area (Å²) in [5.41, 5.74) is 13.3. The van der Waals surface area contributed by atoms with E-state index in [0.717, 1.165) is 0 Å². The molecule has 8 N–H and O–H groups in total. The number of Topliss-reactive ketones (excluding diaryl/α,β-unsaturated/α-hetero) is 2. The van der Waals surface area contributed by atoms with Gasteiger partial charge in [-0.25, -0.2) is 0 Å². The summed E-state index contributed by atoms with van der Waals surface area (Å²) in [6.45, 7) is 3.55. The Kier molecular flexibility index (Phi) is 6.40. The van der Waals surface area contributed by atoms with Gasteiger partial charge in [-0.05, 0) is 20.8 Å². The number of carbonyl (C=O) groups is 3. The molecule has 0 aromatic carbocycles. The van der Waals surface area contributed by atoms with E-state index in [0.29, 0.717) is 0 Å². The van der Waals surface area contributed by atoms with Crippen molar-refractivity contribution in [1.82, 2.24) is 0 Å². The van der Waals surface area contributed by atoms with Crippen molar-refractivity contribution in [2.75, 3.05) is 6.16 Å². The number of ketones is 2. The van der Waals surface area contributed by atoms with Gasteiger partial charge in [0.1, 0.15) is 0 Å². The topological polar surface area (TPSA) is 187 Å². The van der Waals surface area contributed by atoms with Crippen LogP contribution in [0.2, 0.25) is 0 Å². The fourth-order valence-electron chi connectivity index (χ4n) is 1.82. The molecule has 0 radical (unpaired) electrons. The Bertz CT molecular complexity index is 468. The number of aliphatic carboxylic acids is 1. The zero-order valence-electron chi connectivity index (χ0n) is 12.1. The molecule has 122 valence electrons. The molecule has 0 bridgehead atoms. The van der Waals surface area contributed by atoms with Gasteiger partial charge in [0.15, 0.2) is 17.0 Å². The minimum absolute atomic E-state index is 1.13. The summed E-state index contributed by atoms with van der Waals surface area (Å²) < 4.78 is 12.1. The largest absolute Gasteiger partial charge is 0.480 e. The average Bonchev–Trinajstić information content (AvgIpc) is 2.33. The Balaban J connectivity index is 6.20. The molecule has 0 saturated heterocycles. The van der Waals surface area contributed by atoms with Crippen LogP contribution in [0.25, 0.3) is 0 Å². The number of hydrogen-bond donors (Lipinski definition) is 5. The van der Waals surface area contributed by atoms with Crippen molar-refractivity contribution in [3.05, 3.63) is 0 Å². The highest BCUT2D eigenvalue weighted by atomic mass is 31.2. The molecule has 10 heteroatoms. The second-order valence-corrected chi connectivity index (χ2v) is 7.81. The minimum Gasteiger partial charge on any atom is -0.480 e. The Morgan fingerprint density at radius 1 is 1.05 bits per heavy atom. The molecule has 0 rings (SSSR count). The summed E-state index contributed by atoms with van der Waals surface area (Å²) in [6.07, 6.45) is -1.13. The minimum atomic E-state index is -4.28. The molecule has 4 atom stereocenters. The summed E-state index contributed by atoms with van der Waals surface area (Å²) in [4.78, 5) is 45.8. The molecule has 0 aliphatic heterocycles. The molecule has 0 amide bonds. The molecular weight excluding hydrogens is 301 g/mol. The quantitative estimate of drug-likeness (QED) is 0.260. The van der Waals surface area contributed by atoms with E-state index >= 15 is 0 Å². The van der Waals surface area contributed by atoms with E-state index in [2.05, 4.69) is 0 Å². The van der Waals surface area contributed by atoms with E-state index in [1.807, 2.05) is 0 Å². The SMILES string of the molecule is CC(N)P(=O)(O)CC(C(=O)O)(C(=O)[C@H](C)N)C(=O)[C@H](C)N. The van der Waals surface area contributed by atoms with Gasteiger partial charge >= 0.3 is 5.97 Å². The molecule has 0 spiro atoms. The zero-order valence-corrected chi connectivity index (χ0v) is 13.0. The summed E-state index contributed by atoms with van der Waals surface area (Å²) in [7, 11) is -4.28. The van der Waals surface area contributed by atoms with E-state index in [1.54, 1.807) is 0 Å². The summed E-state index contributed by atoms with van der Waals surface area (Å²) in [6, 6.07) is -2.64. The highest BCUT2D eigenvalue weighted by molar-refractivity contribution is 7.58. The van der Waals surface area contributed by atoms with Gasteiger partial charge < -0.3 is 27.2 Å². The van der Waals surface area contributed by atoms with Gasteiger partial charge in [0.05, 0.1) is 24.0 Å². The second kappa shape index (κ2) is 6.76. The van der Waals surface area contributed by atoms with E-state index in [1.165, 1.54) is 20.8 Å². The third-order valence-electron chi connectivity index (χ3n) is 3.13. The van der Waals surface area contributed by atoms with Crippen molar-refractivity contribution in [2.45, 2.75) is 38.6 Å². The van der Waals surface area contributed by atoms with Crippen LogP contribution in [0.5, 0.6) is 0 Å². The third-order valence-corrected chi connectivity index (χ3v) is 5.33. The summed E-state index contributed by atoms with van der Waals surface area (Å²) >= 11 is 0. The molecule has 0 aromatic rings. The maximum absolute atomic E-state index is 12.2. The van der Waals surface area contributed by atoms with E-state index in [4.69, 9.17) is 17.2 Å². The van der Waals surface area contributed by atoms with Crippen molar-refractivity contribution in [3.8, 4) is 0 Å². The van der Waals surface area contributed by atoms with E-state index in [-0.39, 0.29) is 0 Å². The first kappa shape index (κ1) is 19.9. The summed E-state index contributed by atoms with van der Waals surface area (Å²) in [5, 5.41) is 9.38. The predicted molar refractivity (Wildman–Crippen MR) is 75.7 cm³/mol. The van der Waals surface area contributed by atoms with Crippen LogP contribution in [0, 0.1) is 5.41 Å². The predicted octanol–water partition coefficient (Wildman–Crippen LogP) is -1.53. The standard InChI is InChI=1S/C11H22N3O6P/c1-5(12)8(15)11(10(17)18,9(16)6(2)13)4-21(19,20)7(3)14/h5-7H,4,12-14H2,1-3H3,(H,17,18)(H,19,20)/t5-,6-,7?/m0/s1. The van der Waals surface area contributed by atoms with Crippen molar-refractivity contribution >= 4 is 24.9 Å². The monoisotopic (exact) mass is 323 g/mol. The van der Waals surface area contributed by atoms with Gasteiger partial charge in [-0.2, -0.15) is 0 Å². The van der Waals surface area contributed by atoms with Crippen LogP contribution in [0.1, 0.15) is 20.8 Å². The number of nitrogens with two attached hydrogens (primary N) is 3. The first-order valence-corrected chi connectivity index (χ1v) is 8.12. The Morgan fingerprint density at radius 2 is 1.38 bits per heavy atom. The van der Waals surface area contributed by atoms with Gasteiger partial charge in [-0.15, -0.1) is 0 Å². The normalized spacial score (nSPS) is 19.2. The van der Waals surface area contributed by atoms with Crippen LogP contribution < -0.4 is 17.2 Å². The van der Waals surface area contributed by atoms with Crippen LogP contribution in [-0.2, 0) is 18.9 Å². The number of carboxylic acid groups (broad SMARTS) is 1. The molecular formula is C11H22N3O6P. The van der Waals surface area contributed by atoms with E-state index < -0.39 is 54.3 Å². The maximum Gasteiger partial charge on any atom is 0.325 e. The van der Waals surface area contributed by atoms with Crippen molar-refractivity contribution in [1.29, 1.82) is 0 Å². The molecule has 0 aliphatic rings. The lowest BCUT2D eigenvalue weighted by atomic mass is 9.76. The van der Waals surface area contributed by atoms with Crippen LogP contribution in [-0.4, -0.2) is 51.6 Å². The molecule has 0 aliphatic carbocycles. The Morgan fingerprint density at radius 3 is 1.57 bits per heavy atom. The Hall–Kier alpha value is -1.12. The smallest absolute Gasteiger partial charge is 0.325 e. The lowest BCUT2D eigenvalue weighted by molar-refractivity contribution is -0.159. The second-order valence-electron chi connectivity index (χ2n) is 5.17. The molecule has 2 unspecified atom stereocenters. The van der Waals surface area contributed by atoms with Crippen LogP contribution in [0.15, 0.2) is 0 Å². The van der Waals surface area contributed by atoms with Gasteiger partial charge in [0.2, 0.25) is 7.37 Å². The number of hydrogen-bond acceptors (Lipinski definition) is 7. The first-order chi connectivity index (χ1) is 9.30. The lowest BCUT2D eigenvalue weighted by Crippen LogP contribution is -2.58. The third kappa shape index (κ3) is 3.96. The number of carboxylic acids is 1. The van der Waals surface area contributed by atoms with Crippen LogP contribution in [0.4, 0.5) is 0 Å². The average molecular weight is 323 g/mol. The molecule has 21 heavy (non-hydrogen) atoms. The first-order valence-electron chi connectivity index (χ1n) is 6.21. The van der Waals surface area contributed by atoms with Crippen LogP contribution >= 0.6 is 7.37 Å². The number of rotatable bonds is 8. The van der Waals surface area contributed by atoms with Gasteiger partial charge in [0, 0.05) is 0 Å². The van der Waals surface area contributed by atoms with Crippen molar-refractivity contribution < 1.29 is 28.9 Å². The molecule has 0 fully saturated rings. The summed E-state index contributed by atoms with van der Waals surface area (Å²) in [5.74, 6) is -5.51. The van der Waals surface area contributed by atoms with Gasteiger partial charge in [0.25, 0.3) is 0 Å².